The molecule has 3 rings (SSSR count). The third-order valence-corrected chi connectivity index (χ3v) is 5.26. The number of piperidine rings is 1. The first kappa shape index (κ1) is 18.7. The Kier molecular flexibility index (Phi) is 6.50. The molecule has 26 heavy (non-hydrogen) atoms. The van der Waals surface area contributed by atoms with Gasteiger partial charge in [-0.05, 0) is 38.3 Å². The van der Waals surface area contributed by atoms with E-state index in [1.165, 1.54) is 5.56 Å². The van der Waals surface area contributed by atoms with Gasteiger partial charge in [-0.2, -0.15) is 0 Å². The lowest BCUT2D eigenvalue weighted by molar-refractivity contribution is -0.125. The van der Waals surface area contributed by atoms with Crippen LogP contribution in [0.3, 0.4) is 0 Å². The Bertz CT molecular complexity index is 600. The molecule has 142 valence electrons. The van der Waals surface area contributed by atoms with Crippen molar-refractivity contribution in [2.75, 3.05) is 32.8 Å². The van der Waals surface area contributed by atoms with Crippen LogP contribution in [0.1, 0.15) is 31.7 Å². The molecule has 0 radical (unpaired) electrons. The molecule has 2 fully saturated rings. The number of carbonyl (C=O) groups excluding carboxylic acids is 2. The second-order valence-corrected chi connectivity index (χ2v) is 7.18. The third-order valence-electron chi connectivity index (χ3n) is 5.26. The van der Waals surface area contributed by atoms with E-state index in [-0.39, 0.29) is 24.0 Å². The predicted molar refractivity (Wildman–Crippen MR) is 99.6 cm³/mol. The number of ether oxygens (including phenoxy) is 1. The van der Waals surface area contributed by atoms with Crippen molar-refractivity contribution in [3.63, 3.8) is 0 Å². The van der Waals surface area contributed by atoms with Gasteiger partial charge >= 0.3 is 6.09 Å². The lowest BCUT2D eigenvalue weighted by Crippen LogP contribution is -2.48. The third kappa shape index (κ3) is 4.97. The monoisotopic (exact) mass is 359 g/mol. The Morgan fingerprint density at radius 1 is 1.12 bits per heavy atom. The summed E-state index contributed by atoms with van der Waals surface area (Å²) in [6.45, 7) is 6.20. The fourth-order valence-corrected chi connectivity index (χ4v) is 3.77. The Balaban J connectivity index is 1.40. The summed E-state index contributed by atoms with van der Waals surface area (Å²) in [6.07, 6.45) is 2.26. The van der Waals surface area contributed by atoms with E-state index in [2.05, 4.69) is 34.5 Å². The molecule has 2 heterocycles. The van der Waals surface area contributed by atoms with E-state index in [1.54, 1.807) is 4.90 Å². The molecule has 1 aromatic carbocycles. The van der Waals surface area contributed by atoms with Crippen molar-refractivity contribution in [2.24, 2.45) is 5.92 Å². The highest BCUT2D eigenvalue weighted by Gasteiger charge is 2.31. The second kappa shape index (κ2) is 9.03. The van der Waals surface area contributed by atoms with Crippen molar-refractivity contribution in [2.45, 2.75) is 38.8 Å². The van der Waals surface area contributed by atoms with Crippen molar-refractivity contribution in [1.82, 2.24) is 15.1 Å². The molecule has 0 bridgehead atoms. The van der Waals surface area contributed by atoms with Crippen LogP contribution < -0.4 is 5.32 Å². The van der Waals surface area contributed by atoms with Crippen LogP contribution in [0.25, 0.3) is 0 Å². The molecule has 2 saturated heterocycles. The minimum Gasteiger partial charge on any atom is -0.450 e. The molecule has 0 aliphatic carbocycles. The highest BCUT2D eigenvalue weighted by atomic mass is 16.6. The number of nitrogens with zero attached hydrogens (tertiary/aromatic N) is 2. The van der Waals surface area contributed by atoms with Crippen molar-refractivity contribution in [3.8, 4) is 0 Å². The Morgan fingerprint density at radius 2 is 1.85 bits per heavy atom. The number of likely N-dealkylation sites (tertiary alicyclic amines) is 2. The first-order chi connectivity index (χ1) is 12.7. The number of benzene rings is 1. The average molecular weight is 359 g/mol. The molecule has 1 unspecified atom stereocenters. The van der Waals surface area contributed by atoms with Gasteiger partial charge in [0.2, 0.25) is 5.91 Å². The minimum atomic E-state index is -0.246. The molecule has 2 amide bonds. The van der Waals surface area contributed by atoms with Crippen LogP contribution in [0.2, 0.25) is 0 Å². The van der Waals surface area contributed by atoms with Gasteiger partial charge in [0, 0.05) is 32.2 Å². The molecule has 0 saturated carbocycles. The van der Waals surface area contributed by atoms with Crippen LogP contribution >= 0.6 is 0 Å². The van der Waals surface area contributed by atoms with E-state index < -0.39 is 0 Å². The predicted octanol–water partition coefficient (Wildman–Crippen LogP) is 2.25. The molecule has 1 atom stereocenters. The maximum atomic E-state index is 12.6. The van der Waals surface area contributed by atoms with Crippen LogP contribution in [0.4, 0.5) is 4.79 Å². The summed E-state index contributed by atoms with van der Waals surface area (Å²) in [5.41, 5.74) is 1.29. The summed E-state index contributed by atoms with van der Waals surface area (Å²) in [5.74, 6) is 0.233. The Labute approximate surface area is 155 Å². The SMILES string of the molecule is CCOC(=O)N1CCC(NC(=O)C2CCN(Cc3ccccc3)C2)CC1. The number of hydrogen-bond donors (Lipinski definition) is 1. The van der Waals surface area contributed by atoms with Gasteiger partial charge in [0.05, 0.1) is 12.5 Å². The first-order valence-corrected chi connectivity index (χ1v) is 9.64. The summed E-state index contributed by atoms with van der Waals surface area (Å²) >= 11 is 0. The lowest BCUT2D eigenvalue weighted by atomic mass is 10.0. The topological polar surface area (TPSA) is 61.9 Å². The fraction of sp³-hybridized carbons (Fsp3) is 0.600. The van der Waals surface area contributed by atoms with E-state index in [9.17, 15) is 9.59 Å². The molecule has 2 aliphatic rings. The zero-order valence-corrected chi connectivity index (χ0v) is 15.5. The number of amides is 2. The van der Waals surface area contributed by atoms with Crippen molar-refractivity contribution in [1.29, 1.82) is 0 Å². The van der Waals surface area contributed by atoms with Crippen molar-refractivity contribution >= 4 is 12.0 Å². The van der Waals surface area contributed by atoms with E-state index in [4.69, 9.17) is 4.74 Å². The molecule has 0 aromatic heterocycles. The van der Waals surface area contributed by atoms with Gasteiger partial charge in [-0.3, -0.25) is 9.69 Å². The first-order valence-electron chi connectivity index (χ1n) is 9.64. The quantitative estimate of drug-likeness (QED) is 0.876. The van der Waals surface area contributed by atoms with E-state index in [0.717, 1.165) is 38.9 Å². The highest BCUT2D eigenvalue weighted by Crippen LogP contribution is 2.20. The summed E-state index contributed by atoms with van der Waals surface area (Å²) in [6, 6.07) is 10.6. The average Bonchev–Trinajstić information content (AvgIpc) is 3.12. The van der Waals surface area contributed by atoms with Crippen LogP contribution in [0, 0.1) is 5.92 Å². The summed E-state index contributed by atoms with van der Waals surface area (Å²) < 4.78 is 5.03. The zero-order chi connectivity index (χ0) is 18.4. The lowest BCUT2D eigenvalue weighted by Gasteiger charge is -2.32. The van der Waals surface area contributed by atoms with Crippen LogP contribution in [0.15, 0.2) is 30.3 Å². The van der Waals surface area contributed by atoms with Gasteiger partial charge in [-0.25, -0.2) is 4.79 Å². The van der Waals surface area contributed by atoms with Gasteiger partial charge in [-0.15, -0.1) is 0 Å². The Hall–Kier alpha value is -2.08. The van der Waals surface area contributed by atoms with Crippen LogP contribution in [0.5, 0.6) is 0 Å². The number of hydrogen-bond acceptors (Lipinski definition) is 4. The largest absolute Gasteiger partial charge is 0.450 e. The molecule has 1 aromatic rings. The van der Waals surface area contributed by atoms with Crippen molar-refractivity contribution in [3.05, 3.63) is 35.9 Å². The molecular formula is C20H29N3O3. The standard InChI is InChI=1S/C20H29N3O3/c1-2-26-20(25)23-12-9-18(10-13-23)21-19(24)17-8-11-22(15-17)14-16-6-4-3-5-7-16/h3-7,17-18H,2,8-15H2,1H3,(H,21,24). The minimum absolute atomic E-state index is 0.0711. The molecule has 0 spiro atoms. The van der Waals surface area contributed by atoms with E-state index in [1.807, 2.05) is 13.0 Å². The molecule has 2 aliphatic heterocycles. The number of nitrogens with one attached hydrogen (secondary N) is 1. The van der Waals surface area contributed by atoms with Crippen molar-refractivity contribution < 1.29 is 14.3 Å². The number of rotatable bonds is 5. The molecular weight excluding hydrogens is 330 g/mol. The zero-order valence-electron chi connectivity index (χ0n) is 15.5. The van der Waals surface area contributed by atoms with E-state index in [0.29, 0.717) is 19.7 Å². The molecule has 1 N–H and O–H groups in total. The van der Waals surface area contributed by atoms with Gasteiger partial charge in [0.15, 0.2) is 0 Å². The second-order valence-electron chi connectivity index (χ2n) is 7.18. The van der Waals surface area contributed by atoms with Crippen LogP contribution in [-0.2, 0) is 16.1 Å². The summed E-state index contributed by atoms with van der Waals surface area (Å²) in [7, 11) is 0. The normalized spacial score (nSPS) is 21.6. The molecule has 6 nitrogen and oxygen atoms in total. The maximum absolute atomic E-state index is 12.6. The number of carbonyl (C=O) groups is 2. The van der Waals surface area contributed by atoms with Crippen LogP contribution in [-0.4, -0.2) is 60.6 Å². The molecule has 6 heteroatoms. The smallest absolute Gasteiger partial charge is 0.409 e. The van der Waals surface area contributed by atoms with Gasteiger partial charge in [-0.1, -0.05) is 30.3 Å². The fourth-order valence-electron chi connectivity index (χ4n) is 3.77. The summed E-state index contributed by atoms with van der Waals surface area (Å²) in [5, 5.41) is 3.19. The van der Waals surface area contributed by atoms with Gasteiger partial charge in [0.1, 0.15) is 0 Å². The van der Waals surface area contributed by atoms with Gasteiger partial charge in [0.25, 0.3) is 0 Å². The highest BCUT2D eigenvalue weighted by molar-refractivity contribution is 5.79. The maximum Gasteiger partial charge on any atom is 0.409 e. The van der Waals surface area contributed by atoms with Gasteiger partial charge < -0.3 is 15.0 Å². The summed E-state index contributed by atoms with van der Waals surface area (Å²) in [4.78, 5) is 28.4. The van der Waals surface area contributed by atoms with E-state index >= 15 is 0 Å². The Morgan fingerprint density at radius 3 is 2.54 bits per heavy atom.